The topological polar surface area (TPSA) is 84.6 Å². The van der Waals surface area contributed by atoms with Crippen molar-refractivity contribution in [3.05, 3.63) is 53.3 Å². The highest BCUT2D eigenvalue weighted by Gasteiger charge is 2.25. The van der Waals surface area contributed by atoms with Crippen LogP contribution in [0.15, 0.2) is 36.4 Å². The first-order chi connectivity index (χ1) is 10.0. The van der Waals surface area contributed by atoms with Crippen LogP contribution in [0.2, 0.25) is 0 Å². The molecule has 2 aromatic rings. The molecule has 0 fully saturated rings. The normalized spacial score (nSPS) is 16.1. The summed E-state index contributed by atoms with van der Waals surface area (Å²) in [5, 5.41) is 12.4. The molecule has 2 aromatic carbocycles. The van der Waals surface area contributed by atoms with Crippen LogP contribution in [0.1, 0.15) is 22.0 Å². The van der Waals surface area contributed by atoms with Gasteiger partial charge in [-0.2, -0.15) is 0 Å². The largest absolute Gasteiger partial charge is 0.508 e. The van der Waals surface area contributed by atoms with Gasteiger partial charge in [-0.1, -0.05) is 0 Å². The number of benzene rings is 2. The average Bonchev–Trinajstić information content (AvgIpc) is 2.83. The number of carbonyl (C=O) groups is 1. The molecule has 108 valence electrons. The minimum atomic E-state index is -0.619. The number of primary amides is 1. The number of hydrogen-bond acceptors (Lipinski definition) is 4. The van der Waals surface area contributed by atoms with E-state index >= 15 is 0 Å². The Kier molecular flexibility index (Phi) is 3.13. The minimum absolute atomic E-state index is 0.108. The van der Waals surface area contributed by atoms with Crippen LogP contribution in [0.3, 0.4) is 0 Å². The van der Waals surface area contributed by atoms with Gasteiger partial charge < -0.3 is 20.9 Å². The van der Waals surface area contributed by atoms with Crippen molar-refractivity contribution in [2.24, 2.45) is 5.73 Å². The van der Waals surface area contributed by atoms with Crippen LogP contribution in [0, 0.1) is 5.82 Å². The van der Waals surface area contributed by atoms with Gasteiger partial charge in [-0.05, 0) is 30.3 Å². The molecular formula is C15H13FN2O3. The second-order valence-corrected chi connectivity index (χ2v) is 4.79. The van der Waals surface area contributed by atoms with E-state index in [4.69, 9.17) is 10.5 Å². The number of nitrogens with two attached hydrogens (primary N) is 1. The highest BCUT2D eigenvalue weighted by molar-refractivity contribution is 5.93. The summed E-state index contributed by atoms with van der Waals surface area (Å²) in [6, 6.07) is 8.39. The van der Waals surface area contributed by atoms with Gasteiger partial charge in [0.05, 0.1) is 11.7 Å². The van der Waals surface area contributed by atoms with Crippen molar-refractivity contribution in [2.75, 3.05) is 11.9 Å². The molecule has 4 N–H and O–H groups in total. The fourth-order valence-corrected chi connectivity index (χ4v) is 2.30. The van der Waals surface area contributed by atoms with E-state index in [-0.39, 0.29) is 23.0 Å². The summed E-state index contributed by atoms with van der Waals surface area (Å²) < 4.78 is 19.3. The van der Waals surface area contributed by atoms with Crippen LogP contribution in [0.25, 0.3) is 0 Å². The first-order valence-electron chi connectivity index (χ1n) is 6.36. The molecule has 1 unspecified atom stereocenters. The van der Waals surface area contributed by atoms with Crippen LogP contribution in [0.4, 0.5) is 10.1 Å². The van der Waals surface area contributed by atoms with Crippen molar-refractivity contribution in [3.8, 4) is 11.5 Å². The predicted octanol–water partition coefficient (Wildman–Crippen LogP) is 2.18. The molecule has 1 aliphatic rings. The quantitative estimate of drug-likeness (QED) is 0.808. The Hall–Kier alpha value is -2.76. The zero-order chi connectivity index (χ0) is 15.0. The van der Waals surface area contributed by atoms with Crippen LogP contribution in [0.5, 0.6) is 11.5 Å². The first-order valence-corrected chi connectivity index (χ1v) is 6.36. The van der Waals surface area contributed by atoms with Crippen LogP contribution in [-0.4, -0.2) is 17.6 Å². The van der Waals surface area contributed by atoms with E-state index < -0.39 is 11.7 Å². The smallest absolute Gasteiger partial charge is 0.248 e. The molecule has 0 radical (unpaired) electrons. The summed E-state index contributed by atoms with van der Waals surface area (Å²) >= 11 is 0. The molecule has 3 rings (SSSR count). The molecule has 0 saturated carbocycles. The van der Waals surface area contributed by atoms with Gasteiger partial charge >= 0.3 is 0 Å². The first kappa shape index (κ1) is 13.2. The van der Waals surface area contributed by atoms with Crippen molar-refractivity contribution in [3.63, 3.8) is 0 Å². The summed E-state index contributed by atoms with van der Waals surface area (Å²) in [5.41, 5.74) is 6.42. The van der Waals surface area contributed by atoms with E-state index in [0.29, 0.717) is 12.4 Å². The van der Waals surface area contributed by atoms with E-state index in [2.05, 4.69) is 5.32 Å². The van der Waals surface area contributed by atoms with Crippen LogP contribution in [-0.2, 0) is 0 Å². The van der Waals surface area contributed by atoms with Gasteiger partial charge in [-0.25, -0.2) is 4.39 Å². The van der Waals surface area contributed by atoms with Gasteiger partial charge in [0.1, 0.15) is 23.9 Å². The molecule has 0 saturated heterocycles. The lowest BCUT2D eigenvalue weighted by Crippen LogP contribution is -2.15. The molecule has 0 bridgehead atoms. The Morgan fingerprint density at radius 1 is 1.33 bits per heavy atom. The molecule has 5 nitrogen and oxygen atoms in total. The van der Waals surface area contributed by atoms with E-state index in [1.54, 1.807) is 12.1 Å². The van der Waals surface area contributed by atoms with E-state index in [1.807, 2.05) is 0 Å². The van der Waals surface area contributed by atoms with Crippen molar-refractivity contribution in [2.45, 2.75) is 6.04 Å². The Bertz CT molecular complexity index is 718. The molecule has 0 aromatic heterocycles. The number of rotatable bonds is 3. The highest BCUT2D eigenvalue weighted by Crippen LogP contribution is 2.37. The maximum atomic E-state index is 13.8. The van der Waals surface area contributed by atoms with E-state index in [9.17, 15) is 14.3 Å². The summed E-state index contributed by atoms with van der Waals surface area (Å²) in [5.74, 6) is -0.437. The van der Waals surface area contributed by atoms with Crippen molar-refractivity contribution < 1.29 is 19.0 Å². The molecular weight excluding hydrogens is 275 g/mol. The van der Waals surface area contributed by atoms with Crippen LogP contribution >= 0.6 is 0 Å². The second kappa shape index (κ2) is 4.97. The van der Waals surface area contributed by atoms with E-state index in [0.717, 1.165) is 5.56 Å². The number of aromatic hydroxyl groups is 1. The lowest BCUT2D eigenvalue weighted by Gasteiger charge is -2.14. The standard InChI is InChI=1S/C15H13FN2O3/c16-11-4-1-8(15(17)20)5-12(11)18-13-7-21-14-6-9(19)2-3-10(13)14/h1-6,13,18-19H,7H2,(H2,17,20). The molecule has 1 heterocycles. The van der Waals surface area contributed by atoms with E-state index in [1.165, 1.54) is 24.3 Å². The summed E-state index contributed by atoms with van der Waals surface area (Å²) in [6.45, 7) is 0.305. The number of fused-ring (bicyclic) bond motifs is 1. The second-order valence-electron chi connectivity index (χ2n) is 4.79. The number of phenolic OH excluding ortho intramolecular Hbond substituents is 1. The van der Waals surface area contributed by atoms with Crippen molar-refractivity contribution in [1.29, 1.82) is 0 Å². The fourth-order valence-electron chi connectivity index (χ4n) is 2.30. The van der Waals surface area contributed by atoms with Crippen LogP contribution < -0.4 is 15.8 Å². The third kappa shape index (κ3) is 2.47. The molecule has 0 spiro atoms. The molecule has 1 aliphatic heterocycles. The Balaban J connectivity index is 1.89. The number of carbonyl (C=O) groups excluding carboxylic acids is 1. The zero-order valence-corrected chi connectivity index (χ0v) is 11.0. The fraction of sp³-hybridized carbons (Fsp3) is 0.133. The van der Waals surface area contributed by atoms with Gasteiger partial charge in [0.25, 0.3) is 0 Å². The third-order valence-corrected chi connectivity index (χ3v) is 3.36. The predicted molar refractivity (Wildman–Crippen MR) is 74.9 cm³/mol. The van der Waals surface area contributed by atoms with Gasteiger partial charge in [-0.15, -0.1) is 0 Å². The summed E-state index contributed by atoms with van der Waals surface area (Å²) in [4.78, 5) is 11.2. The molecule has 21 heavy (non-hydrogen) atoms. The third-order valence-electron chi connectivity index (χ3n) is 3.36. The van der Waals surface area contributed by atoms with Crippen molar-refractivity contribution >= 4 is 11.6 Å². The number of halogens is 1. The van der Waals surface area contributed by atoms with Gasteiger partial charge in [0.2, 0.25) is 5.91 Å². The molecule has 1 atom stereocenters. The number of amides is 1. The Morgan fingerprint density at radius 2 is 2.14 bits per heavy atom. The van der Waals surface area contributed by atoms with Gasteiger partial charge in [-0.3, -0.25) is 4.79 Å². The number of anilines is 1. The molecule has 0 aliphatic carbocycles. The Morgan fingerprint density at radius 3 is 2.90 bits per heavy atom. The van der Waals surface area contributed by atoms with Gasteiger partial charge in [0.15, 0.2) is 0 Å². The van der Waals surface area contributed by atoms with Crippen molar-refractivity contribution in [1.82, 2.24) is 0 Å². The maximum Gasteiger partial charge on any atom is 0.248 e. The summed E-state index contributed by atoms with van der Waals surface area (Å²) in [7, 11) is 0. The lowest BCUT2D eigenvalue weighted by molar-refractivity contribution is 0.100. The Labute approximate surface area is 120 Å². The molecule has 6 heteroatoms. The zero-order valence-electron chi connectivity index (χ0n) is 11.0. The number of phenols is 1. The van der Waals surface area contributed by atoms with Gasteiger partial charge in [0, 0.05) is 17.2 Å². The minimum Gasteiger partial charge on any atom is -0.508 e. The molecule has 1 amide bonds. The summed E-state index contributed by atoms with van der Waals surface area (Å²) in [6.07, 6.45) is 0. The SMILES string of the molecule is NC(=O)c1ccc(F)c(NC2COc3cc(O)ccc32)c1. The highest BCUT2D eigenvalue weighted by atomic mass is 19.1. The lowest BCUT2D eigenvalue weighted by atomic mass is 10.1. The number of nitrogens with one attached hydrogen (secondary N) is 1. The monoisotopic (exact) mass is 288 g/mol. The number of ether oxygens (including phenoxy) is 1. The average molecular weight is 288 g/mol. The maximum absolute atomic E-state index is 13.8. The number of hydrogen-bond donors (Lipinski definition) is 3.